The van der Waals surface area contributed by atoms with E-state index in [1.165, 1.54) is 4.90 Å². The summed E-state index contributed by atoms with van der Waals surface area (Å²) in [5, 5.41) is 10.7. The molecule has 0 fully saturated rings. The number of carbonyl (C=O) groups is 2. The third-order valence-electron chi connectivity index (χ3n) is 6.15. The van der Waals surface area contributed by atoms with Gasteiger partial charge in [0.05, 0.1) is 12.1 Å². The molecule has 9 nitrogen and oxygen atoms in total. The maximum Gasteiger partial charge on any atom is 0.309 e. The van der Waals surface area contributed by atoms with E-state index in [9.17, 15) is 9.59 Å². The van der Waals surface area contributed by atoms with Gasteiger partial charge in [0, 0.05) is 20.0 Å². The number of aryl methyl sites for hydroxylation is 1. The molecule has 0 radical (unpaired) electrons. The lowest BCUT2D eigenvalue weighted by atomic mass is 9.87. The second-order valence-corrected chi connectivity index (χ2v) is 8.09. The Labute approximate surface area is 180 Å². The molecule has 0 unspecified atom stereocenters. The Balaban J connectivity index is 1.54. The van der Waals surface area contributed by atoms with Crippen molar-refractivity contribution in [1.82, 2.24) is 25.1 Å². The van der Waals surface area contributed by atoms with Gasteiger partial charge in [0.2, 0.25) is 5.89 Å². The highest BCUT2D eigenvalue weighted by Crippen LogP contribution is 2.37. The first-order valence-electron chi connectivity index (χ1n) is 10.3. The van der Waals surface area contributed by atoms with E-state index in [-0.39, 0.29) is 23.6 Å². The summed E-state index contributed by atoms with van der Waals surface area (Å²) < 4.78 is 7.55. The van der Waals surface area contributed by atoms with Crippen LogP contribution in [-0.2, 0) is 18.3 Å². The molecule has 1 aliphatic heterocycles. The number of nitrogens with zero attached hydrogens (tertiary/aromatic N) is 5. The van der Waals surface area contributed by atoms with Crippen LogP contribution in [0.25, 0.3) is 0 Å². The number of carbonyl (C=O) groups excluding carboxylic acids is 2. The summed E-state index contributed by atoms with van der Waals surface area (Å²) in [6.45, 7) is 5.90. The molecule has 2 aromatic heterocycles. The van der Waals surface area contributed by atoms with Gasteiger partial charge in [-0.3, -0.25) is 14.5 Å². The van der Waals surface area contributed by atoms with Crippen LogP contribution in [0.3, 0.4) is 0 Å². The van der Waals surface area contributed by atoms with Crippen molar-refractivity contribution in [2.75, 3.05) is 11.9 Å². The molecule has 0 saturated carbocycles. The smallest absolute Gasteiger partial charge is 0.309 e. The number of hydrogen-bond acceptors (Lipinski definition) is 6. The number of benzene rings is 1. The van der Waals surface area contributed by atoms with Crippen LogP contribution in [0.1, 0.15) is 53.4 Å². The number of likely N-dealkylation sites (N-methyl/N-ethyl adjacent to an activating group) is 1. The number of nitrogens with one attached hydrogen (secondary N) is 1. The molecule has 31 heavy (non-hydrogen) atoms. The Kier molecular flexibility index (Phi) is 5.34. The van der Waals surface area contributed by atoms with Gasteiger partial charge in [-0.1, -0.05) is 44.2 Å². The predicted molar refractivity (Wildman–Crippen MR) is 114 cm³/mol. The molecule has 0 bridgehead atoms. The van der Waals surface area contributed by atoms with Crippen LogP contribution in [0.2, 0.25) is 0 Å². The minimum Gasteiger partial charge on any atom is -0.417 e. The first-order chi connectivity index (χ1) is 14.8. The lowest BCUT2D eigenvalue weighted by Crippen LogP contribution is -2.50. The minimum atomic E-state index is -0.744. The lowest BCUT2D eigenvalue weighted by molar-refractivity contribution is -0.121. The largest absolute Gasteiger partial charge is 0.417 e. The fraction of sp³-hybridized carbons (Fsp3) is 0.409. The number of amides is 2. The van der Waals surface area contributed by atoms with Gasteiger partial charge in [0.15, 0.2) is 5.82 Å². The molecule has 2 amide bonds. The third kappa shape index (κ3) is 3.71. The summed E-state index contributed by atoms with van der Waals surface area (Å²) in [6, 6.07) is 8.91. The van der Waals surface area contributed by atoms with Crippen molar-refractivity contribution in [2.45, 2.75) is 39.2 Å². The van der Waals surface area contributed by atoms with E-state index in [0.29, 0.717) is 18.1 Å². The Hall–Kier alpha value is -3.49. The van der Waals surface area contributed by atoms with Crippen LogP contribution in [0.4, 0.5) is 5.82 Å². The van der Waals surface area contributed by atoms with E-state index in [2.05, 4.69) is 20.5 Å². The lowest BCUT2D eigenvalue weighted by Gasteiger charge is -2.26. The molecule has 0 aliphatic carbocycles. The summed E-state index contributed by atoms with van der Waals surface area (Å²) in [6.07, 6.45) is 0.431. The van der Waals surface area contributed by atoms with Gasteiger partial charge < -0.3 is 14.3 Å². The zero-order chi connectivity index (χ0) is 22.3. The maximum absolute atomic E-state index is 13.2. The fourth-order valence-electron chi connectivity index (χ4n) is 4.02. The zero-order valence-electron chi connectivity index (χ0n) is 18.3. The van der Waals surface area contributed by atoms with Crippen molar-refractivity contribution < 1.29 is 14.0 Å². The highest BCUT2D eigenvalue weighted by atomic mass is 16.4. The Morgan fingerprint density at radius 3 is 2.58 bits per heavy atom. The molecule has 1 aromatic carbocycles. The van der Waals surface area contributed by atoms with Gasteiger partial charge in [0.25, 0.3) is 5.91 Å². The molecule has 0 spiro atoms. The second-order valence-electron chi connectivity index (χ2n) is 8.09. The van der Waals surface area contributed by atoms with E-state index in [1.54, 1.807) is 7.05 Å². The quantitative estimate of drug-likeness (QED) is 0.691. The summed E-state index contributed by atoms with van der Waals surface area (Å²) in [5.74, 6) is 0.692. The van der Waals surface area contributed by atoms with Crippen molar-refractivity contribution in [3.05, 3.63) is 59.2 Å². The molecule has 0 saturated heterocycles. The molecule has 3 aromatic rings. The van der Waals surface area contributed by atoms with Gasteiger partial charge >= 0.3 is 11.8 Å². The van der Waals surface area contributed by atoms with Crippen molar-refractivity contribution in [2.24, 2.45) is 13.0 Å². The van der Waals surface area contributed by atoms with E-state index in [0.717, 1.165) is 17.1 Å². The number of aromatic nitrogens is 4. The Morgan fingerprint density at radius 2 is 1.87 bits per heavy atom. The van der Waals surface area contributed by atoms with E-state index in [4.69, 9.17) is 4.42 Å². The SMILES string of the molecule is Cc1nc2c(n1C)[C@H](C)[C@H](C)[C@H](NC(=O)c1nnc(Cc3ccccc3)o1)C(=O)N2C. The van der Waals surface area contributed by atoms with Crippen LogP contribution >= 0.6 is 0 Å². The van der Waals surface area contributed by atoms with Crippen molar-refractivity contribution in [1.29, 1.82) is 0 Å². The molecule has 9 heteroatoms. The Morgan fingerprint density at radius 1 is 1.16 bits per heavy atom. The van der Waals surface area contributed by atoms with Gasteiger partial charge in [-0.2, -0.15) is 0 Å². The van der Waals surface area contributed by atoms with E-state index in [1.807, 2.05) is 62.7 Å². The molecule has 3 atom stereocenters. The van der Waals surface area contributed by atoms with Crippen LogP contribution in [-0.4, -0.2) is 44.7 Å². The molecular weight excluding hydrogens is 396 g/mol. The number of fused-ring (bicyclic) bond motifs is 1. The monoisotopic (exact) mass is 422 g/mol. The average molecular weight is 422 g/mol. The summed E-state index contributed by atoms with van der Waals surface area (Å²) >= 11 is 0. The van der Waals surface area contributed by atoms with E-state index >= 15 is 0 Å². The first-order valence-corrected chi connectivity index (χ1v) is 10.3. The van der Waals surface area contributed by atoms with Gasteiger partial charge in [-0.05, 0) is 18.4 Å². The third-order valence-corrected chi connectivity index (χ3v) is 6.15. The standard InChI is InChI=1S/C22H26N6O3/c1-12-13(2)18-19(23-14(3)27(18)4)28(5)22(30)17(12)24-20(29)21-26-25-16(31-21)11-15-9-7-6-8-10-15/h6-10,12-13,17H,11H2,1-5H3,(H,24,29)/t12-,13+,17-/m0/s1. The minimum absolute atomic E-state index is 0.00303. The van der Waals surface area contributed by atoms with E-state index < -0.39 is 11.9 Å². The first kappa shape index (κ1) is 20.8. The Bertz CT molecular complexity index is 1120. The van der Waals surface area contributed by atoms with Gasteiger partial charge in [-0.25, -0.2) is 4.98 Å². The average Bonchev–Trinajstić information content (AvgIpc) is 3.33. The van der Waals surface area contributed by atoms with Crippen LogP contribution in [0.15, 0.2) is 34.7 Å². The summed E-state index contributed by atoms with van der Waals surface area (Å²) in [7, 11) is 3.62. The van der Waals surface area contributed by atoms with Gasteiger partial charge in [0.1, 0.15) is 11.9 Å². The maximum atomic E-state index is 13.2. The highest BCUT2D eigenvalue weighted by Gasteiger charge is 2.41. The van der Waals surface area contributed by atoms with Crippen LogP contribution in [0.5, 0.6) is 0 Å². The summed E-state index contributed by atoms with van der Waals surface area (Å²) in [4.78, 5) is 32.1. The number of anilines is 1. The zero-order valence-corrected chi connectivity index (χ0v) is 18.3. The number of hydrogen-bond donors (Lipinski definition) is 1. The summed E-state index contributed by atoms with van der Waals surface area (Å²) in [5.41, 5.74) is 1.97. The number of imidazole rings is 1. The highest BCUT2D eigenvalue weighted by molar-refractivity contribution is 6.01. The number of rotatable bonds is 4. The van der Waals surface area contributed by atoms with Crippen LogP contribution in [0, 0.1) is 12.8 Å². The predicted octanol–water partition coefficient (Wildman–Crippen LogP) is 2.22. The van der Waals surface area contributed by atoms with Crippen molar-refractivity contribution >= 4 is 17.6 Å². The van der Waals surface area contributed by atoms with Crippen molar-refractivity contribution in [3.8, 4) is 0 Å². The second kappa shape index (κ2) is 7.98. The molecule has 1 aliphatic rings. The molecule has 4 rings (SSSR count). The molecular formula is C22H26N6O3. The molecule has 1 N–H and O–H groups in total. The molecule has 162 valence electrons. The van der Waals surface area contributed by atoms with Crippen LogP contribution < -0.4 is 10.2 Å². The van der Waals surface area contributed by atoms with Gasteiger partial charge in [-0.15, -0.1) is 10.2 Å². The topological polar surface area (TPSA) is 106 Å². The fourth-order valence-corrected chi connectivity index (χ4v) is 4.02. The normalized spacial score (nSPS) is 21.0. The van der Waals surface area contributed by atoms with Crippen molar-refractivity contribution in [3.63, 3.8) is 0 Å². The molecule has 3 heterocycles.